The van der Waals surface area contributed by atoms with Crippen molar-refractivity contribution < 1.29 is 9.47 Å². The molecule has 1 aromatic heterocycles. The van der Waals surface area contributed by atoms with Crippen LogP contribution in [0.3, 0.4) is 0 Å². The molecule has 110 valence electrons. The van der Waals surface area contributed by atoms with Crippen LogP contribution in [-0.2, 0) is 19.5 Å². The standard InChI is InChI=1S/C14H15ClN4O2/c15-11-3-9(4-12-14(11)21-8-20-12)5-16-10-1-2-13-17-7-18-19(13)6-10/h3-4,7,10,16H,1-2,5-6,8H2/t10-/m0/s1. The van der Waals surface area contributed by atoms with Crippen LogP contribution in [0.1, 0.15) is 17.8 Å². The Kier molecular flexibility index (Phi) is 3.20. The van der Waals surface area contributed by atoms with Gasteiger partial charge in [-0.25, -0.2) is 9.67 Å². The molecule has 0 aliphatic carbocycles. The molecular formula is C14H15ClN4O2. The average molecular weight is 307 g/mol. The topological polar surface area (TPSA) is 61.2 Å². The molecule has 2 aliphatic heterocycles. The molecule has 7 heteroatoms. The van der Waals surface area contributed by atoms with Crippen molar-refractivity contribution in [2.75, 3.05) is 6.79 Å². The van der Waals surface area contributed by atoms with Crippen LogP contribution >= 0.6 is 11.6 Å². The Hall–Kier alpha value is -1.79. The second-order valence-electron chi connectivity index (χ2n) is 5.29. The van der Waals surface area contributed by atoms with Crippen molar-refractivity contribution >= 4 is 11.6 Å². The summed E-state index contributed by atoms with van der Waals surface area (Å²) in [6, 6.07) is 4.29. The Balaban J connectivity index is 1.43. The van der Waals surface area contributed by atoms with Gasteiger partial charge in [-0.3, -0.25) is 0 Å². The number of fused-ring (bicyclic) bond motifs is 2. The van der Waals surface area contributed by atoms with Gasteiger partial charge in [-0.2, -0.15) is 5.10 Å². The Morgan fingerprint density at radius 1 is 1.38 bits per heavy atom. The van der Waals surface area contributed by atoms with Crippen LogP contribution in [0.4, 0.5) is 0 Å². The molecule has 2 aliphatic rings. The van der Waals surface area contributed by atoms with E-state index in [2.05, 4.69) is 15.4 Å². The maximum atomic E-state index is 6.19. The van der Waals surface area contributed by atoms with Crippen molar-refractivity contribution in [3.05, 3.63) is 34.9 Å². The van der Waals surface area contributed by atoms with Crippen LogP contribution in [0, 0.1) is 0 Å². The molecule has 0 fully saturated rings. The normalized spacial score (nSPS) is 19.6. The second-order valence-corrected chi connectivity index (χ2v) is 5.69. The monoisotopic (exact) mass is 306 g/mol. The number of rotatable bonds is 3. The highest BCUT2D eigenvalue weighted by atomic mass is 35.5. The van der Waals surface area contributed by atoms with Crippen LogP contribution in [0.5, 0.6) is 11.5 Å². The van der Waals surface area contributed by atoms with Crippen LogP contribution in [0.15, 0.2) is 18.5 Å². The van der Waals surface area contributed by atoms with E-state index in [-0.39, 0.29) is 6.79 Å². The van der Waals surface area contributed by atoms with Crippen LogP contribution in [0.25, 0.3) is 0 Å². The predicted octanol–water partition coefficient (Wildman–Crippen LogP) is 1.76. The number of hydrogen-bond acceptors (Lipinski definition) is 5. The quantitative estimate of drug-likeness (QED) is 0.936. The van der Waals surface area contributed by atoms with E-state index >= 15 is 0 Å². The van der Waals surface area contributed by atoms with Gasteiger partial charge in [0.2, 0.25) is 6.79 Å². The first kappa shape index (κ1) is 12.9. The summed E-state index contributed by atoms with van der Waals surface area (Å²) in [5, 5.41) is 8.38. The fourth-order valence-electron chi connectivity index (χ4n) is 2.79. The van der Waals surface area contributed by atoms with Gasteiger partial charge in [0.15, 0.2) is 11.5 Å². The number of benzene rings is 1. The van der Waals surface area contributed by atoms with Gasteiger partial charge in [0.05, 0.1) is 11.6 Å². The van der Waals surface area contributed by atoms with Crippen molar-refractivity contribution in [2.45, 2.75) is 32.0 Å². The molecule has 0 saturated heterocycles. The molecule has 2 aromatic rings. The highest BCUT2D eigenvalue weighted by Crippen LogP contribution is 2.39. The van der Waals surface area contributed by atoms with E-state index < -0.39 is 0 Å². The zero-order chi connectivity index (χ0) is 14.2. The zero-order valence-corrected chi connectivity index (χ0v) is 12.1. The number of aromatic nitrogens is 3. The molecule has 0 radical (unpaired) electrons. The molecule has 0 unspecified atom stereocenters. The minimum absolute atomic E-state index is 0.240. The van der Waals surface area contributed by atoms with Gasteiger partial charge in [-0.05, 0) is 24.1 Å². The van der Waals surface area contributed by atoms with Crippen molar-refractivity contribution in [1.82, 2.24) is 20.1 Å². The first-order valence-corrected chi connectivity index (χ1v) is 7.35. The van der Waals surface area contributed by atoms with Crippen LogP contribution in [-0.4, -0.2) is 27.6 Å². The lowest BCUT2D eigenvalue weighted by Gasteiger charge is -2.23. The van der Waals surface area contributed by atoms with Crippen molar-refractivity contribution in [3.8, 4) is 11.5 Å². The van der Waals surface area contributed by atoms with Gasteiger partial charge in [-0.15, -0.1) is 0 Å². The number of hydrogen-bond donors (Lipinski definition) is 1. The third-order valence-electron chi connectivity index (χ3n) is 3.89. The van der Waals surface area contributed by atoms with E-state index in [4.69, 9.17) is 21.1 Å². The second kappa shape index (κ2) is 5.20. The zero-order valence-electron chi connectivity index (χ0n) is 11.4. The highest BCUT2D eigenvalue weighted by Gasteiger charge is 2.21. The smallest absolute Gasteiger partial charge is 0.231 e. The van der Waals surface area contributed by atoms with Gasteiger partial charge in [0.25, 0.3) is 0 Å². The minimum atomic E-state index is 0.240. The van der Waals surface area contributed by atoms with E-state index in [0.717, 1.165) is 43.1 Å². The van der Waals surface area contributed by atoms with Gasteiger partial charge < -0.3 is 14.8 Å². The summed E-state index contributed by atoms with van der Waals surface area (Å²) in [5.41, 5.74) is 1.09. The predicted molar refractivity (Wildman–Crippen MR) is 76.5 cm³/mol. The van der Waals surface area contributed by atoms with Crippen molar-refractivity contribution in [1.29, 1.82) is 0 Å². The fourth-order valence-corrected chi connectivity index (χ4v) is 3.08. The SMILES string of the molecule is Clc1cc(CN[C@H]2CCc3ncnn3C2)cc2c1OCO2. The number of nitrogens with zero attached hydrogens (tertiary/aromatic N) is 3. The van der Waals surface area contributed by atoms with E-state index in [9.17, 15) is 0 Å². The molecule has 4 rings (SSSR count). The van der Waals surface area contributed by atoms with Crippen LogP contribution < -0.4 is 14.8 Å². The van der Waals surface area contributed by atoms with Crippen molar-refractivity contribution in [3.63, 3.8) is 0 Å². The Bertz CT molecular complexity index is 673. The molecule has 3 heterocycles. The summed E-state index contributed by atoms with van der Waals surface area (Å²) >= 11 is 6.19. The van der Waals surface area contributed by atoms with Gasteiger partial charge in [0, 0.05) is 19.0 Å². The molecule has 1 aromatic carbocycles. The van der Waals surface area contributed by atoms with E-state index in [1.165, 1.54) is 0 Å². The molecule has 0 bridgehead atoms. The van der Waals surface area contributed by atoms with Crippen LogP contribution in [0.2, 0.25) is 5.02 Å². The van der Waals surface area contributed by atoms with E-state index in [0.29, 0.717) is 16.8 Å². The van der Waals surface area contributed by atoms with Gasteiger partial charge in [0.1, 0.15) is 12.2 Å². The molecule has 0 amide bonds. The molecule has 1 N–H and O–H groups in total. The third-order valence-corrected chi connectivity index (χ3v) is 4.17. The maximum absolute atomic E-state index is 6.19. The minimum Gasteiger partial charge on any atom is -0.454 e. The summed E-state index contributed by atoms with van der Waals surface area (Å²) in [6.45, 7) is 1.84. The Morgan fingerprint density at radius 3 is 3.29 bits per heavy atom. The molecule has 0 saturated carbocycles. The third kappa shape index (κ3) is 2.45. The number of halogens is 1. The number of aryl methyl sites for hydroxylation is 1. The number of ether oxygens (including phenoxy) is 2. The Morgan fingerprint density at radius 2 is 2.33 bits per heavy atom. The molecule has 21 heavy (non-hydrogen) atoms. The fraction of sp³-hybridized carbons (Fsp3) is 0.429. The average Bonchev–Trinajstić information content (AvgIpc) is 3.13. The summed E-state index contributed by atoms with van der Waals surface area (Å²) in [7, 11) is 0. The lowest BCUT2D eigenvalue weighted by atomic mass is 10.1. The molecule has 1 atom stereocenters. The van der Waals surface area contributed by atoms with Gasteiger partial charge in [-0.1, -0.05) is 11.6 Å². The summed E-state index contributed by atoms with van der Waals surface area (Å²) in [4.78, 5) is 4.24. The number of nitrogens with one attached hydrogen (secondary N) is 1. The molecule has 6 nitrogen and oxygen atoms in total. The first-order chi connectivity index (χ1) is 10.3. The largest absolute Gasteiger partial charge is 0.454 e. The Labute approximate surface area is 127 Å². The highest BCUT2D eigenvalue weighted by molar-refractivity contribution is 6.32. The van der Waals surface area contributed by atoms with E-state index in [1.54, 1.807) is 6.33 Å². The summed E-state index contributed by atoms with van der Waals surface area (Å²) < 4.78 is 12.7. The molecule has 0 spiro atoms. The maximum Gasteiger partial charge on any atom is 0.231 e. The lowest BCUT2D eigenvalue weighted by molar-refractivity contribution is 0.174. The molecular weight excluding hydrogens is 292 g/mol. The van der Waals surface area contributed by atoms with E-state index in [1.807, 2.05) is 16.8 Å². The van der Waals surface area contributed by atoms with Gasteiger partial charge >= 0.3 is 0 Å². The summed E-state index contributed by atoms with van der Waals surface area (Å²) in [5.74, 6) is 2.44. The lowest BCUT2D eigenvalue weighted by Crippen LogP contribution is -2.37. The first-order valence-electron chi connectivity index (χ1n) is 6.97. The van der Waals surface area contributed by atoms with Crippen molar-refractivity contribution in [2.24, 2.45) is 0 Å². The summed E-state index contributed by atoms with van der Waals surface area (Å²) in [6.07, 6.45) is 3.64.